The Morgan fingerprint density at radius 2 is 1.72 bits per heavy atom. The molecule has 2 aliphatic heterocycles. The number of aliphatic imine (C=N–C) groups is 1. The number of hydrogen-bond acceptors (Lipinski definition) is 4. The van der Waals surface area contributed by atoms with E-state index in [0.29, 0.717) is 0 Å². The van der Waals surface area contributed by atoms with Crippen LogP contribution in [0.3, 0.4) is 0 Å². The highest BCUT2D eigenvalue weighted by Gasteiger charge is 2.19. The maximum atomic E-state index is 5.25. The Bertz CT molecular complexity index is 604. The van der Waals surface area contributed by atoms with Crippen LogP contribution in [-0.4, -0.2) is 75.7 Å². The van der Waals surface area contributed by atoms with Crippen LogP contribution in [0.1, 0.15) is 37.7 Å². The molecule has 2 saturated heterocycles. The average molecular weight is 402 g/mol. The van der Waals surface area contributed by atoms with Gasteiger partial charge in [-0.25, -0.2) is 0 Å². The smallest absolute Gasteiger partial charge is 0.191 e. The van der Waals surface area contributed by atoms with Gasteiger partial charge in [0.1, 0.15) is 5.75 Å². The van der Waals surface area contributed by atoms with Crippen molar-refractivity contribution in [2.24, 2.45) is 10.9 Å². The number of nitrogens with zero attached hydrogens (tertiary/aromatic N) is 3. The number of piperidine rings is 2. The molecule has 0 bridgehead atoms. The highest BCUT2D eigenvalue weighted by Crippen LogP contribution is 2.19. The fourth-order valence-electron chi connectivity index (χ4n) is 4.31. The summed E-state index contributed by atoms with van der Waals surface area (Å²) in [6.07, 6.45) is 6.59. The second kappa shape index (κ2) is 12.0. The molecule has 2 fully saturated rings. The number of nitrogens with one attached hydrogen (secondary N) is 2. The van der Waals surface area contributed by atoms with Gasteiger partial charge in [-0.2, -0.15) is 0 Å². The molecule has 29 heavy (non-hydrogen) atoms. The first-order valence-electron chi connectivity index (χ1n) is 11.3. The molecule has 6 heteroatoms. The van der Waals surface area contributed by atoms with E-state index in [1.807, 2.05) is 7.05 Å². The van der Waals surface area contributed by atoms with E-state index in [1.165, 1.54) is 63.8 Å². The Balaban J connectivity index is 1.30. The van der Waals surface area contributed by atoms with Crippen LogP contribution in [-0.2, 0) is 6.54 Å². The van der Waals surface area contributed by atoms with Crippen molar-refractivity contribution in [1.29, 1.82) is 0 Å². The van der Waals surface area contributed by atoms with Crippen LogP contribution in [0.2, 0.25) is 0 Å². The van der Waals surface area contributed by atoms with E-state index < -0.39 is 0 Å². The molecule has 3 rings (SSSR count). The third-order valence-corrected chi connectivity index (χ3v) is 6.22. The minimum Gasteiger partial charge on any atom is -0.497 e. The molecule has 2 aliphatic rings. The van der Waals surface area contributed by atoms with Crippen molar-refractivity contribution in [3.05, 3.63) is 29.8 Å². The highest BCUT2D eigenvalue weighted by atomic mass is 16.5. The predicted molar refractivity (Wildman–Crippen MR) is 121 cm³/mol. The molecule has 0 aromatic heterocycles. The Kier molecular flexibility index (Phi) is 9.09. The van der Waals surface area contributed by atoms with Crippen molar-refractivity contribution < 1.29 is 4.74 Å². The first kappa shape index (κ1) is 21.9. The van der Waals surface area contributed by atoms with Gasteiger partial charge in [0.2, 0.25) is 0 Å². The summed E-state index contributed by atoms with van der Waals surface area (Å²) in [5.74, 6) is 2.60. The van der Waals surface area contributed by atoms with Crippen LogP contribution < -0.4 is 15.4 Å². The molecule has 2 heterocycles. The molecular formula is C23H39N5O. The third kappa shape index (κ3) is 7.52. The van der Waals surface area contributed by atoms with E-state index in [9.17, 15) is 0 Å². The summed E-state index contributed by atoms with van der Waals surface area (Å²) in [4.78, 5) is 9.51. The number of guanidine groups is 1. The van der Waals surface area contributed by atoms with Gasteiger partial charge in [-0.05, 0) is 75.5 Å². The molecule has 0 aliphatic carbocycles. The number of rotatable bonds is 8. The van der Waals surface area contributed by atoms with Gasteiger partial charge in [0.15, 0.2) is 5.96 Å². The number of benzene rings is 1. The normalized spacial score (nSPS) is 19.9. The molecule has 1 aromatic rings. The summed E-state index contributed by atoms with van der Waals surface area (Å²) in [6.45, 7) is 8.97. The fraction of sp³-hybridized carbons (Fsp3) is 0.696. The van der Waals surface area contributed by atoms with Crippen molar-refractivity contribution in [2.45, 2.75) is 38.6 Å². The summed E-state index contributed by atoms with van der Waals surface area (Å²) >= 11 is 0. The standard InChI is InChI=1S/C23H39N5O/c1-24-23(25-12-17-27-13-4-3-5-14-27)26-18-20-10-15-28(16-11-20)19-21-6-8-22(29-2)9-7-21/h6-9,20H,3-5,10-19H2,1-2H3,(H2,24,25,26). The summed E-state index contributed by atoms with van der Waals surface area (Å²) in [6, 6.07) is 8.45. The number of likely N-dealkylation sites (tertiary alicyclic amines) is 2. The van der Waals surface area contributed by atoms with Gasteiger partial charge < -0.3 is 20.3 Å². The second-order valence-corrected chi connectivity index (χ2v) is 8.35. The van der Waals surface area contributed by atoms with Crippen LogP contribution in [0.15, 0.2) is 29.3 Å². The fourth-order valence-corrected chi connectivity index (χ4v) is 4.31. The Labute approximate surface area is 176 Å². The van der Waals surface area contributed by atoms with Crippen LogP contribution >= 0.6 is 0 Å². The van der Waals surface area contributed by atoms with Gasteiger partial charge in [-0.1, -0.05) is 18.6 Å². The molecule has 1 aromatic carbocycles. The lowest BCUT2D eigenvalue weighted by Gasteiger charge is -2.32. The molecule has 0 unspecified atom stereocenters. The maximum absolute atomic E-state index is 5.25. The van der Waals surface area contributed by atoms with Crippen molar-refractivity contribution in [3.63, 3.8) is 0 Å². The van der Waals surface area contributed by atoms with Crippen LogP contribution in [0.5, 0.6) is 5.75 Å². The molecule has 6 nitrogen and oxygen atoms in total. The summed E-state index contributed by atoms with van der Waals surface area (Å²) < 4.78 is 5.25. The highest BCUT2D eigenvalue weighted by molar-refractivity contribution is 5.79. The SMILES string of the molecule is CN=C(NCCN1CCCCC1)NCC1CCN(Cc2ccc(OC)cc2)CC1. The predicted octanol–water partition coefficient (Wildman–Crippen LogP) is 2.56. The molecule has 2 N–H and O–H groups in total. The van der Waals surface area contributed by atoms with Gasteiger partial charge in [-0.3, -0.25) is 9.89 Å². The first-order chi connectivity index (χ1) is 14.3. The molecule has 0 atom stereocenters. The van der Waals surface area contributed by atoms with E-state index in [4.69, 9.17) is 4.74 Å². The van der Waals surface area contributed by atoms with Crippen molar-refractivity contribution in [3.8, 4) is 5.75 Å². The minimum absolute atomic E-state index is 0.725. The molecule has 0 amide bonds. The van der Waals surface area contributed by atoms with Crippen LogP contribution in [0, 0.1) is 5.92 Å². The van der Waals surface area contributed by atoms with Gasteiger partial charge in [-0.15, -0.1) is 0 Å². The first-order valence-corrected chi connectivity index (χ1v) is 11.3. The summed E-state index contributed by atoms with van der Waals surface area (Å²) in [5, 5.41) is 7.03. The summed E-state index contributed by atoms with van der Waals surface area (Å²) in [5.41, 5.74) is 1.36. The maximum Gasteiger partial charge on any atom is 0.191 e. The third-order valence-electron chi connectivity index (χ3n) is 6.22. The van der Waals surface area contributed by atoms with Gasteiger partial charge >= 0.3 is 0 Å². The number of ether oxygens (including phenoxy) is 1. The molecule has 162 valence electrons. The average Bonchev–Trinajstić information content (AvgIpc) is 2.78. The topological polar surface area (TPSA) is 52.1 Å². The van der Waals surface area contributed by atoms with E-state index in [-0.39, 0.29) is 0 Å². The van der Waals surface area contributed by atoms with Gasteiger partial charge in [0.05, 0.1) is 7.11 Å². The van der Waals surface area contributed by atoms with E-state index in [0.717, 1.165) is 43.8 Å². The number of methoxy groups -OCH3 is 1. The zero-order valence-corrected chi connectivity index (χ0v) is 18.3. The minimum atomic E-state index is 0.725. The van der Waals surface area contributed by atoms with Crippen LogP contribution in [0.4, 0.5) is 0 Å². The van der Waals surface area contributed by atoms with Crippen molar-refractivity contribution in [2.75, 3.05) is 60.0 Å². The zero-order chi connectivity index (χ0) is 20.3. The summed E-state index contributed by atoms with van der Waals surface area (Å²) in [7, 11) is 3.58. The zero-order valence-electron chi connectivity index (χ0n) is 18.3. The molecule has 0 radical (unpaired) electrons. The Hall–Kier alpha value is -1.79. The van der Waals surface area contributed by atoms with Crippen LogP contribution in [0.25, 0.3) is 0 Å². The lowest BCUT2D eigenvalue weighted by atomic mass is 9.96. The van der Waals surface area contributed by atoms with Gasteiger partial charge in [0, 0.05) is 33.2 Å². The number of hydrogen-bond donors (Lipinski definition) is 2. The molecule has 0 spiro atoms. The monoisotopic (exact) mass is 401 g/mol. The quantitative estimate of drug-likeness (QED) is 0.518. The molecule has 0 saturated carbocycles. The second-order valence-electron chi connectivity index (χ2n) is 8.35. The van der Waals surface area contributed by atoms with Crippen molar-refractivity contribution in [1.82, 2.24) is 20.4 Å². The van der Waals surface area contributed by atoms with E-state index in [2.05, 4.69) is 49.7 Å². The van der Waals surface area contributed by atoms with Gasteiger partial charge in [0.25, 0.3) is 0 Å². The lowest BCUT2D eigenvalue weighted by molar-refractivity contribution is 0.178. The van der Waals surface area contributed by atoms with Crippen molar-refractivity contribution >= 4 is 5.96 Å². The molecular weight excluding hydrogens is 362 g/mol. The Morgan fingerprint density at radius 1 is 1.00 bits per heavy atom. The van der Waals surface area contributed by atoms with E-state index in [1.54, 1.807) is 7.11 Å². The largest absolute Gasteiger partial charge is 0.497 e. The Morgan fingerprint density at radius 3 is 2.38 bits per heavy atom. The lowest BCUT2D eigenvalue weighted by Crippen LogP contribution is -2.45. The van der Waals surface area contributed by atoms with E-state index >= 15 is 0 Å².